The number of alkyl halides is 2. The summed E-state index contributed by atoms with van der Waals surface area (Å²) < 4.78 is 28.5. The number of nitrogens with one attached hydrogen (secondary N) is 1. The molecule has 2 aromatic carbocycles. The van der Waals surface area contributed by atoms with Crippen molar-refractivity contribution in [1.82, 2.24) is 0 Å². The van der Waals surface area contributed by atoms with Gasteiger partial charge in [-0.2, -0.15) is 8.78 Å². The third kappa shape index (κ3) is 2.23. The van der Waals surface area contributed by atoms with Crippen LogP contribution in [0.4, 0.5) is 14.5 Å². The van der Waals surface area contributed by atoms with Crippen molar-refractivity contribution in [3.05, 3.63) is 64.7 Å². The predicted molar refractivity (Wildman–Crippen MR) is 76.1 cm³/mol. The molecule has 1 aliphatic heterocycles. The molecule has 0 bridgehead atoms. The Balaban J connectivity index is 1.93. The van der Waals surface area contributed by atoms with Gasteiger partial charge in [0, 0.05) is 21.8 Å². The summed E-state index contributed by atoms with van der Waals surface area (Å²) in [5.41, 5.74) is 0.989. The summed E-state index contributed by atoms with van der Waals surface area (Å²) in [6.45, 7) is 0. The molecule has 100 valence electrons. The van der Waals surface area contributed by atoms with Crippen molar-refractivity contribution < 1.29 is 8.78 Å². The number of fused-ring (bicyclic) bond motifs is 1. The Morgan fingerprint density at radius 1 is 1.10 bits per heavy atom. The number of halogens is 3. The Morgan fingerprint density at radius 2 is 1.85 bits per heavy atom. The van der Waals surface area contributed by atoms with Gasteiger partial charge in [-0.3, -0.25) is 0 Å². The smallest absolute Gasteiger partial charge is 0.306 e. The zero-order chi connectivity index (χ0) is 14.2. The zero-order valence-electron chi connectivity index (χ0n) is 10.3. The molecule has 0 saturated heterocycles. The van der Waals surface area contributed by atoms with E-state index in [0.29, 0.717) is 16.3 Å². The summed E-state index contributed by atoms with van der Waals surface area (Å²) in [5.74, 6) is 2.34. The van der Waals surface area contributed by atoms with Crippen LogP contribution >= 0.6 is 11.6 Å². The molecule has 0 spiro atoms. The third-order valence-corrected chi connectivity index (χ3v) is 3.37. The van der Waals surface area contributed by atoms with E-state index in [2.05, 4.69) is 17.2 Å². The second kappa shape index (κ2) is 4.81. The van der Waals surface area contributed by atoms with Gasteiger partial charge in [-0.05, 0) is 30.3 Å². The van der Waals surface area contributed by atoms with E-state index in [9.17, 15) is 8.78 Å². The number of hydrogen-bond acceptors (Lipinski definition) is 1. The molecule has 4 heteroatoms. The minimum atomic E-state index is -3.03. The van der Waals surface area contributed by atoms with Crippen LogP contribution in [-0.2, 0) is 5.92 Å². The number of rotatable bonds is 0. The topological polar surface area (TPSA) is 12.0 Å². The maximum absolute atomic E-state index is 14.2. The number of benzene rings is 2. The second-order valence-corrected chi connectivity index (χ2v) is 4.96. The zero-order valence-corrected chi connectivity index (χ0v) is 11.1. The van der Waals surface area contributed by atoms with Crippen LogP contribution in [0.15, 0.2) is 48.5 Å². The van der Waals surface area contributed by atoms with Crippen LogP contribution in [0.3, 0.4) is 0 Å². The van der Waals surface area contributed by atoms with Crippen LogP contribution in [0, 0.1) is 11.8 Å². The molecular weight excluding hydrogens is 280 g/mol. The van der Waals surface area contributed by atoms with Crippen LogP contribution < -0.4 is 5.32 Å². The monoisotopic (exact) mass is 289 g/mol. The van der Waals surface area contributed by atoms with Crippen molar-refractivity contribution >= 4 is 17.3 Å². The standard InChI is InChI=1S/C16H10ClF2N/c17-12-7-8-13-14(10-12)20-15(16(13,18)19)9-6-11-4-2-1-3-5-11/h1-5,7-8,10,15,20H. The van der Waals surface area contributed by atoms with Crippen LogP contribution in [0.1, 0.15) is 11.1 Å². The molecule has 1 atom stereocenters. The molecule has 2 aromatic rings. The van der Waals surface area contributed by atoms with E-state index in [4.69, 9.17) is 11.6 Å². The van der Waals surface area contributed by atoms with E-state index in [1.807, 2.05) is 18.2 Å². The van der Waals surface area contributed by atoms with Gasteiger partial charge in [0.1, 0.15) is 0 Å². The van der Waals surface area contributed by atoms with Crippen LogP contribution in [-0.4, -0.2) is 6.04 Å². The maximum atomic E-state index is 14.2. The summed E-state index contributed by atoms with van der Waals surface area (Å²) >= 11 is 5.82. The molecule has 1 nitrogen and oxygen atoms in total. The molecule has 1 N–H and O–H groups in total. The van der Waals surface area contributed by atoms with Crippen molar-refractivity contribution in [1.29, 1.82) is 0 Å². The Kier molecular flexibility index (Phi) is 3.11. The summed E-state index contributed by atoms with van der Waals surface area (Å²) in [7, 11) is 0. The lowest BCUT2D eigenvalue weighted by Gasteiger charge is -2.13. The number of anilines is 1. The highest BCUT2D eigenvalue weighted by atomic mass is 35.5. The fraction of sp³-hybridized carbons (Fsp3) is 0.125. The minimum Gasteiger partial charge on any atom is -0.366 e. The highest BCUT2D eigenvalue weighted by Crippen LogP contribution is 2.44. The summed E-state index contributed by atoms with van der Waals surface area (Å²) in [6.07, 6.45) is 0. The van der Waals surface area contributed by atoms with Gasteiger partial charge in [-0.25, -0.2) is 0 Å². The van der Waals surface area contributed by atoms with Gasteiger partial charge >= 0.3 is 5.92 Å². The van der Waals surface area contributed by atoms with E-state index in [1.54, 1.807) is 12.1 Å². The molecule has 1 unspecified atom stereocenters. The first kappa shape index (κ1) is 13.0. The van der Waals surface area contributed by atoms with Crippen molar-refractivity contribution in [2.45, 2.75) is 12.0 Å². The molecular formula is C16H10ClF2N. The third-order valence-electron chi connectivity index (χ3n) is 3.14. The average molecular weight is 290 g/mol. The summed E-state index contributed by atoms with van der Waals surface area (Å²) in [5, 5.41) is 3.15. The maximum Gasteiger partial charge on any atom is 0.306 e. The summed E-state index contributed by atoms with van der Waals surface area (Å²) in [4.78, 5) is 0. The van der Waals surface area contributed by atoms with E-state index >= 15 is 0 Å². The van der Waals surface area contributed by atoms with Gasteiger partial charge in [0.25, 0.3) is 0 Å². The van der Waals surface area contributed by atoms with Crippen LogP contribution in [0.25, 0.3) is 0 Å². The lowest BCUT2D eigenvalue weighted by molar-refractivity contribution is 0.000143. The highest BCUT2D eigenvalue weighted by Gasteiger charge is 2.47. The van der Waals surface area contributed by atoms with Crippen molar-refractivity contribution in [3.63, 3.8) is 0 Å². The highest BCUT2D eigenvalue weighted by molar-refractivity contribution is 6.30. The molecule has 0 amide bonds. The van der Waals surface area contributed by atoms with Crippen molar-refractivity contribution in [2.75, 3.05) is 5.32 Å². The van der Waals surface area contributed by atoms with E-state index in [1.165, 1.54) is 18.2 Å². The first-order valence-corrected chi connectivity index (χ1v) is 6.46. The van der Waals surface area contributed by atoms with Gasteiger partial charge < -0.3 is 5.32 Å². The van der Waals surface area contributed by atoms with E-state index < -0.39 is 12.0 Å². The quantitative estimate of drug-likeness (QED) is 0.714. The van der Waals surface area contributed by atoms with Gasteiger partial charge in [0.15, 0.2) is 6.04 Å². The Hall–Kier alpha value is -2.05. The molecule has 0 fully saturated rings. The SMILES string of the molecule is FC1(F)c2ccc(Cl)cc2NC1C#Cc1ccccc1. The normalized spacial score (nSPS) is 18.6. The largest absolute Gasteiger partial charge is 0.366 e. The molecule has 3 rings (SSSR count). The Labute approximate surface area is 120 Å². The van der Waals surface area contributed by atoms with Crippen LogP contribution in [0.2, 0.25) is 5.02 Å². The molecule has 0 aromatic heterocycles. The average Bonchev–Trinajstić information content (AvgIpc) is 2.68. The molecule has 20 heavy (non-hydrogen) atoms. The van der Waals surface area contributed by atoms with Gasteiger partial charge in [-0.15, -0.1) is 0 Å². The van der Waals surface area contributed by atoms with Gasteiger partial charge in [0.2, 0.25) is 0 Å². The molecule has 0 aliphatic carbocycles. The van der Waals surface area contributed by atoms with Gasteiger partial charge in [-0.1, -0.05) is 41.6 Å². The molecule has 0 radical (unpaired) electrons. The Morgan fingerprint density at radius 3 is 2.60 bits per heavy atom. The fourth-order valence-electron chi connectivity index (χ4n) is 2.13. The van der Waals surface area contributed by atoms with Crippen molar-refractivity contribution in [2.24, 2.45) is 0 Å². The lowest BCUT2D eigenvalue weighted by atomic mass is 10.1. The predicted octanol–water partition coefficient (Wildman–Crippen LogP) is 4.28. The first-order chi connectivity index (χ1) is 9.57. The Bertz CT molecular complexity index is 701. The molecule has 0 saturated carbocycles. The minimum absolute atomic E-state index is 0.0609. The number of hydrogen-bond donors (Lipinski definition) is 1. The van der Waals surface area contributed by atoms with Crippen LogP contribution in [0.5, 0.6) is 0 Å². The van der Waals surface area contributed by atoms with E-state index in [-0.39, 0.29) is 5.56 Å². The van der Waals surface area contributed by atoms with Crippen molar-refractivity contribution in [3.8, 4) is 11.8 Å². The lowest BCUT2D eigenvalue weighted by Crippen LogP contribution is -2.29. The summed E-state index contributed by atoms with van der Waals surface area (Å²) in [6, 6.07) is 12.1. The molecule has 1 heterocycles. The van der Waals surface area contributed by atoms with Gasteiger partial charge in [0.05, 0.1) is 0 Å². The molecule has 1 aliphatic rings. The fourth-order valence-corrected chi connectivity index (χ4v) is 2.30. The first-order valence-electron chi connectivity index (χ1n) is 6.08. The van der Waals surface area contributed by atoms with E-state index in [0.717, 1.165) is 0 Å². The second-order valence-electron chi connectivity index (χ2n) is 4.53.